The minimum atomic E-state index is -0.303. The zero-order valence-electron chi connectivity index (χ0n) is 7.65. The maximum Gasteiger partial charge on any atom is 0.237 e. The lowest BCUT2D eigenvalue weighted by Crippen LogP contribution is -2.20. The normalized spacial score (nSPS) is 12.3. The second-order valence-corrected chi connectivity index (χ2v) is 5.45. The molecule has 0 heterocycles. The number of hydrogen-bond acceptors (Lipinski definition) is 1. The molecule has 1 atom stereocenters. The van der Waals surface area contributed by atoms with Crippen molar-refractivity contribution < 1.29 is 4.79 Å². The SMILES string of the molecule is CC(Br)C(=O)Nc1cc(Cl)c(Cl)cc1Cl. The van der Waals surface area contributed by atoms with E-state index in [9.17, 15) is 4.79 Å². The Morgan fingerprint density at radius 3 is 2.33 bits per heavy atom. The summed E-state index contributed by atoms with van der Waals surface area (Å²) < 4.78 is 0. The van der Waals surface area contributed by atoms with Gasteiger partial charge in [-0.3, -0.25) is 4.79 Å². The van der Waals surface area contributed by atoms with Crippen LogP contribution in [0.15, 0.2) is 12.1 Å². The molecule has 2 nitrogen and oxygen atoms in total. The van der Waals surface area contributed by atoms with E-state index in [1.165, 1.54) is 12.1 Å². The fourth-order valence-corrected chi connectivity index (χ4v) is 1.56. The lowest BCUT2D eigenvalue weighted by atomic mass is 10.3. The number of rotatable bonds is 2. The highest BCUT2D eigenvalue weighted by atomic mass is 79.9. The van der Waals surface area contributed by atoms with Crippen molar-refractivity contribution in [3.8, 4) is 0 Å². The second-order valence-electron chi connectivity index (χ2n) is 2.85. The topological polar surface area (TPSA) is 29.1 Å². The van der Waals surface area contributed by atoms with Crippen molar-refractivity contribution in [1.82, 2.24) is 0 Å². The van der Waals surface area contributed by atoms with Crippen LogP contribution in [0.25, 0.3) is 0 Å². The third-order valence-corrected chi connectivity index (χ3v) is 3.08. The molecule has 82 valence electrons. The lowest BCUT2D eigenvalue weighted by molar-refractivity contribution is -0.115. The van der Waals surface area contributed by atoms with Crippen molar-refractivity contribution in [2.45, 2.75) is 11.8 Å². The quantitative estimate of drug-likeness (QED) is 0.633. The molecule has 0 fully saturated rings. The summed E-state index contributed by atoms with van der Waals surface area (Å²) in [6.07, 6.45) is 0. The number of hydrogen-bond donors (Lipinski definition) is 1. The number of nitrogens with one attached hydrogen (secondary N) is 1. The first-order valence-electron chi connectivity index (χ1n) is 4.01. The minimum Gasteiger partial charge on any atom is -0.324 e. The highest BCUT2D eigenvalue weighted by Crippen LogP contribution is 2.32. The van der Waals surface area contributed by atoms with Crippen molar-refractivity contribution >= 4 is 62.3 Å². The molecule has 0 aromatic heterocycles. The van der Waals surface area contributed by atoms with E-state index in [0.717, 1.165) is 0 Å². The monoisotopic (exact) mass is 329 g/mol. The van der Waals surface area contributed by atoms with Crippen molar-refractivity contribution in [3.63, 3.8) is 0 Å². The summed E-state index contributed by atoms with van der Waals surface area (Å²) >= 11 is 20.6. The van der Waals surface area contributed by atoms with E-state index in [1.54, 1.807) is 6.92 Å². The highest BCUT2D eigenvalue weighted by molar-refractivity contribution is 9.10. The van der Waals surface area contributed by atoms with Gasteiger partial charge >= 0.3 is 0 Å². The zero-order valence-corrected chi connectivity index (χ0v) is 11.5. The van der Waals surface area contributed by atoms with Gasteiger partial charge in [0.25, 0.3) is 0 Å². The number of halogens is 4. The van der Waals surface area contributed by atoms with Gasteiger partial charge in [-0.15, -0.1) is 0 Å². The van der Waals surface area contributed by atoms with Gasteiger partial charge in [0, 0.05) is 0 Å². The van der Waals surface area contributed by atoms with E-state index in [0.29, 0.717) is 20.8 Å². The molecule has 0 aliphatic heterocycles. The van der Waals surface area contributed by atoms with E-state index in [1.807, 2.05) is 0 Å². The van der Waals surface area contributed by atoms with Gasteiger partial charge in [-0.1, -0.05) is 50.7 Å². The number of carbonyl (C=O) groups excluding carboxylic acids is 1. The van der Waals surface area contributed by atoms with Crippen LogP contribution in [0.2, 0.25) is 15.1 Å². The van der Waals surface area contributed by atoms with Gasteiger partial charge < -0.3 is 5.32 Å². The van der Waals surface area contributed by atoms with Crippen LogP contribution in [0.5, 0.6) is 0 Å². The summed E-state index contributed by atoms with van der Waals surface area (Å²) in [7, 11) is 0. The van der Waals surface area contributed by atoms with Gasteiger partial charge in [-0.25, -0.2) is 0 Å². The van der Waals surface area contributed by atoms with Gasteiger partial charge in [0.15, 0.2) is 0 Å². The average molecular weight is 331 g/mol. The molecule has 0 saturated heterocycles. The van der Waals surface area contributed by atoms with Gasteiger partial charge in [0.1, 0.15) is 0 Å². The molecule has 0 saturated carbocycles. The fraction of sp³-hybridized carbons (Fsp3) is 0.222. The van der Waals surface area contributed by atoms with Crippen molar-refractivity contribution in [2.24, 2.45) is 0 Å². The lowest BCUT2D eigenvalue weighted by Gasteiger charge is -2.09. The number of amides is 1. The summed E-state index contributed by atoms with van der Waals surface area (Å²) in [6, 6.07) is 3.00. The van der Waals surface area contributed by atoms with E-state index < -0.39 is 0 Å². The van der Waals surface area contributed by atoms with E-state index >= 15 is 0 Å². The third-order valence-electron chi connectivity index (χ3n) is 1.63. The number of benzene rings is 1. The van der Waals surface area contributed by atoms with Crippen LogP contribution in [0.3, 0.4) is 0 Å². The van der Waals surface area contributed by atoms with Crippen LogP contribution >= 0.6 is 50.7 Å². The van der Waals surface area contributed by atoms with Crippen LogP contribution in [0.4, 0.5) is 5.69 Å². The largest absolute Gasteiger partial charge is 0.324 e. The first-order chi connectivity index (χ1) is 6.91. The maximum atomic E-state index is 11.4. The van der Waals surface area contributed by atoms with Gasteiger partial charge in [0.05, 0.1) is 25.6 Å². The average Bonchev–Trinajstić information content (AvgIpc) is 2.13. The maximum absolute atomic E-state index is 11.4. The molecule has 1 rings (SSSR count). The van der Waals surface area contributed by atoms with Crippen molar-refractivity contribution in [3.05, 3.63) is 27.2 Å². The first-order valence-corrected chi connectivity index (χ1v) is 6.06. The van der Waals surface area contributed by atoms with Gasteiger partial charge in [-0.05, 0) is 19.1 Å². The van der Waals surface area contributed by atoms with Crippen LogP contribution in [0.1, 0.15) is 6.92 Å². The molecule has 1 aromatic carbocycles. The van der Waals surface area contributed by atoms with E-state index in [4.69, 9.17) is 34.8 Å². The molecule has 0 aliphatic rings. The summed E-state index contributed by atoms with van der Waals surface area (Å²) in [6.45, 7) is 1.71. The number of carbonyl (C=O) groups is 1. The molecule has 1 aromatic rings. The Labute approximate surface area is 111 Å². The first kappa shape index (κ1) is 13.1. The Morgan fingerprint density at radius 1 is 1.27 bits per heavy atom. The molecule has 0 aliphatic carbocycles. The summed E-state index contributed by atoms with van der Waals surface area (Å²) in [5.74, 6) is -0.199. The van der Waals surface area contributed by atoms with E-state index in [2.05, 4.69) is 21.2 Å². The Hall–Kier alpha value is 0.0400. The molecule has 0 spiro atoms. The second kappa shape index (κ2) is 5.39. The Balaban J connectivity index is 2.96. The molecule has 6 heteroatoms. The standard InChI is InChI=1S/C9H7BrCl3NO/c1-4(10)9(15)14-8-3-6(12)5(11)2-7(8)13/h2-4H,1H3,(H,14,15). The third kappa shape index (κ3) is 3.52. The summed E-state index contributed by atoms with van der Waals surface area (Å²) in [5.41, 5.74) is 0.447. The predicted molar refractivity (Wildman–Crippen MR) is 68.5 cm³/mol. The minimum absolute atomic E-state index is 0.199. The van der Waals surface area contributed by atoms with Gasteiger partial charge in [0.2, 0.25) is 5.91 Å². The van der Waals surface area contributed by atoms with E-state index in [-0.39, 0.29) is 10.7 Å². The van der Waals surface area contributed by atoms with Crippen LogP contribution in [0, 0.1) is 0 Å². The van der Waals surface area contributed by atoms with Crippen LogP contribution in [-0.2, 0) is 4.79 Å². The predicted octanol–water partition coefficient (Wildman–Crippen LogP) is 4.37. The Morgan fingerprint density at radius 2 is 1.80 bits per heavy atom. The number of alkyl halides is 1. The molecular weight excluding hydrogens is 324 g/mol. The molecule has 0 radical (unpaired) electrons. The molecule has 1 N–H and O–H groups in total. The molecule has 0 bridgehead atoms. The highest BCUT2D eigenvalue weighted by Gasteiger charge is 2.12. The van der Waals surface area contributed by atoms with Crippen molar-refractivity contribution in [1.29, 1.82) is 0 Å². The van der Waals surface area contributed by atoms with Crippen LogP contribution in [-0.4, -0.2) is 10.7 Å². The molecule has 1 unspecified atom stereocenters. The molecule has 1 amide bonds. The van der Waals surface area contributed by atoms with Crippen LogP contribution < -0.4 is 5.32 Å². The summed E-state index contributed by atoms with van der Waals surface area (Å²) in [4.78, 5) is 11.1. The Kier molecular flexibility index (Phi) is 4.71. The fourth-order valence-electron chi connectivity index (χ4n) is 0.851. The van der Waals surface area contributed by atoms with Gasteiger partial charge in [-0.2, -0.15) is 0 Å². The molecule has 15 heavy (non-hydrogen) atoms. The smallest absolute Gasteiger partial charge is 0.237 e. The summed E-state index contributed by atoms with van der Waals surface area (Å²) in [5, 5.41) is 3.67. The molecular formula is C9H7BrCl3NO. The van der Waals surface area contributed by atoms with Crippen molar-refractivity contribution in [2.75, 3.05) is 5.32 Å². The number of anilines is 1. The zero-order chi connectivity index (χ0) is 11.6. The Bertz CT molecular complexity index is 395.